The smallest absolute Gasteiger partial charge is 0.305 e. The van der Waals surface area contributed by atoms with Crippen molar-refractivity contribution in [2.75, 3.05) is 27.9 Å². The molecule has 1 atom stereocenters. The van der Waals surface area contributed by atoms with Gasteiger partial charge in [0.05, 0.1) is 26.5 Å². The van der Waals surface area contributed by atoms with E-state index in [2.05, 4.69) is 5.16 Å². The molecular weight excluding hydrogens is 338 g/mol. The summed E-state index contributed by atoms with van der Waals surface area (Å²) in [6.07, 6.45) is 2.23. The van der Waals surface area contributed by atoms with Gasteiger partial charge in [0.1, 0.15) is 12.7 Å². The number of aliphatic hydroxyl groups is 1. The van der Waals surface area contributed by atoms with Gasteiger partial charge in [-0.15, -0.1) is 0 Å². The normalized spacial score (nSPS) is 20.9. The van der Waals surface area contributed by atoms with Crippen LogP contribution in [-0.4, -0.2) is 44.7 Å². The Balaban J connectivity index is 2.53. The van der Waals surface area contributed by atoms with Crippen LogP contribution < -0.4 is 9.47 Å². The van der Waals surface area contributed by atoms with E-state index in [0.717, 1.165) is 12.0 Å². The third-order valence-electron chi connectivity index (χ3n) is 4.61. The average Bonchev–Trinajstić information content (AvgIpc) is 2.77. The van der Waals surface area contributed by atoms with Crippen molar-refractivity contribution in [3.05, 3.63) is 23.3 Å². The number of hydrogen-bond donors (Lipinski definition) is 1. The molecule has 1 aromatic rings. The lowest BCUT2D eigenvalue weighted by atomic mass is 9.82. The van der Waals surface area contributed by atoms with Crippen LogP contribution >= 0.6 is 0 Å². The third-order valence-corrected chi connectivity index (χ3v) is 4.61. The molecule has 144 valence electrons. The zero-order valence-electron chi connectivity index (χ0n) is 15.8. The molecule has 0 radical (unpaired) electrons. The van der Waals surface area contributed by atoms with E-state index in [9.17, 15) is 9.90 Å². The van der Waals surface area contributed by atoms with E-state index in [1.807, 2.05) is 0 Å². The number of hydrogen-bond acceptors (Lipinski definition) is 7. The molecule has 0 saturated carbocycles. The molecule has 0 saturated heterocycles. The summed E-state index contributed by atoms with van der Waals surface area (Å²) in [7, 11) is 4.59. The summed E-state index contributed by atoms with van der Waals surface area (Å²) in [5, 5.41) is 15.6. The molecule has 0 spiro atoms. The Hall–Kier alpha value is -2.28. The minimum absolute atomic E-state index is 0.0703. The molecule has 0 amide bonds. The Bertz CT molecular complexity index is 672. The number of methoxy groups -OCH3 is 2. The van der Waals surface area contributed by atoms with E-state index in [-0.39, 0.29) is 18.8 Å². The van der Waals surface area contributed by atoms with Crippen molar-refractivity contribution < 1.29 is 28.9 Å². The van der Waals surface area contributed by atoms with E-state index in [1.165, 1.54) is 7.11 Å². The van der Waals surface area contributed by atoms with Crippen LogP contribution in [0.2, 0.25) is 0 Å². The van der Waals surface area contributed by atoms with Gasteiger partial charge in [0.25, 0.3) is 0 Å². The van der Waals surface area contributed by atoms with Crippen molar-refractivity contribution in [3.8, 4) is 11.5 Å². The van der Waals surface area contributed by atoms with Crippen LogP contribution in [0.1, 0.15) is 43.7 Å². The zero-order chi connectivity index (χ0) is 19.2. The first-order valence-electron chi connectivity index (χ1n) is 8.74. The van der Waals surface area contributed by atoms with Gasteiger partial charge in [0.15, 0.2) is 11.5 Å². The summed E-state index contributed by atoms with van der Waals surface area (Å²) >= 11 is 0. The number of esters is 1. The third kappa shape index (κ3) is 3.93. The number of nitrogens with zero attached hydrogens (tertiary/aromatic N) is 1. The van der Waals surface area contributed by atoms with E-state index in [0.29, 0.717) is 42.2 Å². The second-order valence-corrected chi connectivity index (χ2v) is 6.07. The number of oxime groups is 1. The highest BCUT2D eigenvalue weighted by Crippen LogP contribution is 2.43. The molecule has 7 heteroatoms. The standard InChI is InChI=1S/C19H27NO6/c1-5-26-17(21)11-12-19(22)14-9-10-15(23-2)18(24-3)13(14)7-6-8-16(19)20-25-4/h9-10,22H,5-8,11-12H2,1-4H3/b20-16+. The van der Waals surface area contributed by atoms with E-state index in [4.69, 9.17) is 19.0 Å². The molecular formula is C19H27NO6. The van der Waals surface area contributed by atoms with Gasteiger partial charge in [-0.3, -0.25) is 4.79 Å². The highest BCUT2D eigenvalue weighted by molar-refractivity contribution is 5.94. The molecule has 7 nitrogen and oxygen atoms in total. The van der Waals surface area contributed by atoms with Gasteiger partial charge in [-0.2, -0.15) is 0 Å². The lowest BCUT2D eigenvalue weighted by molar-refractivity contribution is -0.144. The van der Waals surface area contributed by atoms with Crippen LogP contribution in [0.25, 0.3) is 0 Å². The summed E-state index contributed by atoms with van der Waals surface area (Å²) in [4.78, 5) is 16.8. The number of carbonyl (C=O) groups is 1. The number of benzene rings is 1. The van der Waals surface area contributed by atoms with Crippen LogP contribution in [0, 0.1) is 0 Å². The summed E-state index contributed by atoms with van der Waals surface area (Å²) in [6.45, 7) is 2.06. The van der Waals surface area contributed by atoms with Gasteiger partial charge in [-0.05, 0) is 44.2 Å². The van der Waals surface area contributed by atoms with Crippen molar-refractivity contribution in [3.63, 3.8) is 0 Å². The minimum atomic E-state index is -1.44. The maximum atomic E-state index is 11.9. The number of carbonyl (C=O) groups excluding carboxylic acids is 1. The minimum Gasteiger partial charge on any atom is -0.493 e. The fourth-order valence-electron chi connectivity index (χ4n) is 3.45. The first-order chi connectivity index (χ1) is 12.5. The average molecular weight is 365 g/mol. The Morgan fingerprint density at radius 2 is 2.00 bits per heavy atom. The van der Waals surface area contributed by atoms with Crippen molar-refractivity contribution >= 4 is 11.7 Å². The van der Waals surface area contributed by atoms with Gasteiger partial charge in [0, 0.05) is 12.0 Å². The highest BCUT2D eigenvalue weighted by Gasteiger charge is 2.41. The SMILES string of the molecule is CCOC(=O)CCC1(O)/C(=N/OC)CCCc2c1ccc(OC)c2OC. The topological polar surface area (TPSA) is 86.6 Å². The van der Waals surface area contributed by atoms with Crippen molar-refractivity contribution in [1.82, 2.24) is 0 Å². The number of ether oxygens (including phenoxy) is 3. The maximum Gasteiger partial charge on any atom is 0.305 e. The van der Waals surface area contributed by atoms with Crippen molar-refractivity contribution in [2.45, 2.75) is 44.6 Å². The molecule has 1 aliphatic carbocycles. The Labute approximate surface area is 153 Å². The molecule has 26 heavy (non-hydrogen) atoms. The van der Waals surface area contributed by atoms with Gasteiger partial charge >= 0.3 is 5.97 Å². The van der Waals surface area contributed by atoms with Gasteiger partial charge in [-0.25, -0.2) is 0 Å². The van der Waals surface area contributed by atoms with Gasteiger partial charge in [0.2, 0.25) is 0 Å². The molecule has 0 bridgehead atoms. The highest BCUT2D eigenvalue weighted by atomic mass is 16.6. The van der Waals surface area contributed by atoms with Gasteiger partial charge in [-0.1, -0.05) is 11.2 Å². The van der Waals surface area contributed by atoms with E-state index in [1.54, 1.807) is 33.3 Å². The maximum absolute atomic E-state index is 11.9. The summed E-state index contributed by atoms with van der Waals surface area (Å²) in [6, 6.07) is 3.56. The van der Waals surface area contributed by atoms with Crippen LogP contribution in [0.4, 0.5) is 0 Å². The van der Waals surface area contributed by atoms with E-state index >= 15 is 0 Å². The molecule has 0 aliphatic heterocycles. The fraction of sp³-hybridized carbons (Fsp3) is 0.579. The first kappa shape index (κ1) is 20.0. The summed E-state index contributed by atoms with van der Waals surface area (Å²) in [5.41, 5.74) is 0.580. The molecule has 1 unspecified atom stereocenters. The van der Waals surface area contributed by atoms with Crippen LogP contribution in [0.5, 0.6) is 11.5 Å². The second kappa shape index (κ2) is 8.89. The Morgan fingerprint density at radius 1 is 1.23 bits per heavy atom. The molecule has 2 rings (SSSR count). The van der Waals surface area contributed by atoms with Crippen LogP contribution in [0.15, 0.2) is 17.3 Å². The van der Waals surface area contributed by atoms with Crippen molar-refractivity contribution in [1.29, 1.82) is 0 Å². The molecule has 0 fully saturated rings. The lowest BCUT2D eigenvalue weighted by Crippen LogP contribution is -2.36. The second-order valence-electron chi connectivity index (χ2n) is 6.07. The Kier molecular flexibility index (Phi) is 6.85. The fourth-order valence-corrected chi connectivity index (χ4v) is 3.45. The van der Waals surface area contributed by atoms with E-state index < -0.39 is 5.60 Å². The number of rotatable bonds is 7. The van der Waals surface area contributed by atoms with Gasteiger partial charge < -0.3 is 24.2 Å². The van der Waals surface area contributed by atoms with Crippen LogP contribution in [-0.2, 0) is 26.4 Å². The number of fused-ring (bicyclic) bond motifs is 1. The Morgan fingerprint density at radius 3 is 2.62 bits per heavy atom. The zero-order valence-corrected chi connectivity index (χ0v) is 15.8. The largest absolute Gasteiger partial charge is 0.493 e. The summed E-state index contributed by atoms with van der Waals surface area (Å²) < 4.78 is 15.9. The molecule has 0 aromatic heterocycles. The molecule has 1 aliphatic rings. The predicted molar refractivity (Wildman–Crippen MR) is 96.7 cm³/mol. The predicted octanol–water partition coefficient (Wildman–Crippen LogP) is 2.57. The molecule has 0 heterocycles. The monoisotopic (exact) mass is 365 g/mol. The van der Waals surface area contributed by atoms with Crippen LogP contribution in [0.3, 0.4) is 0 Å². The quantitative estimate of drug-likeness (QED) is 0.454. The lowest BCUT2D eigenvalue weighted by Gasteiger charge is -2.30. The van der Waals surface area contributed by atoms with Crippen molar-refractivity contribution in [2.24, 2.45) is 5.16 Å². The first-order valence-corrected chi connectivity index (χ1v) is 8.74. The summed E-state index contributed by atoms with van der Waals surface area (Å²) in [5.74, 6) is 0.841. The molecule has 1 N–H and O–H groups in total. The molecule has 1 aromatic carbocycles.